The van der Waals surface area contributed by atoms with Crippen LogP contribution in [0.1, 0.15) is 55.7 Å². The summed E-state index contributed by atoms with van der Waals surface area (Å²) in [5, 5.41) is 3.28. The Morgan fingerprint density at radius 1 is 0.895 bits per heavy atom. The van der Waals surface area contributed by atoms with Gasteiger partial charge < -0.3 is 10.3 Å². The van der Waals surface area contributed by atoms with Gasteiger partial charge in [-0.15, -0.1) is 0 Å². The number of aromatic nitrogens is 2. The van der Waals surface area contributed by atoms with Crippen molar-refractivity contribution in [1.82, 2.24) is 20.0 Å². The van der Waals surface area contributed by atoms with Crippen LogP contribution in [-0.2, 0) is 21.2 Å². The summed E-state index contributed by atoms with van der Waals surface area (Å²) in [5.41, 5.74) is 4.90. The van der Waals surface area contributed by atoms with Crippen molar-refractivity contribution in [2.75, 3.05) is 0 Å². The highest BCUT2D eigenvalue weighted by molar-refractivity contribution is 7.89. The fourth-order valence-corrected chi connectivity index (χ4v) is 7.16. The molecule has 1 saturated carbocycles. The minimum atomic E-state index is -3.71. The van der Waals surface area contributed by atoms with Crippen molar-refractivity contribution >= 4 is 27.0 Å². The van der Waals surface area contributed by atoms with E-state index in [2.05, 4.69) is 38.2 Å². The molecule has 1 aromatic heterocycles. The highest BCUT2D eigenvalue weighted by atomic mass is 32.2. The van der Waals surface area contributed by atoms with Crippen molar-refractivity contribution in [3.63, 3.8) is 0 Å². The molecule has 38 heavy (non-hydrogen) atoms. The Hall–Kier alpha value is -3.49. The van der Waals surface area contributed by atoms with Gasteiger partial charge in [0.15, 0.2) is 0 Å². The van der Waals surface area contributed by atoms with Gasteiger partial charge in [-0.25, -0.2) is 18.1 Å². The van der Waals surface area contributed by atoms with Crippen LogP contribution in [0.3, 0.4) is 0 Å². The van der Waals surface area contributed by atoms with E-state index in [0.717, 1.165) is 30.3 Å². The molecule has 1 atom stereocenters. The number of carbonyl (C=O) groups excluding carboxylic acids is 1. The van der Waals surface area contributed by atoms with Gasteiger partial charge >= 0.3 is 0 Å². The molecule has 1 fully saturated rings. The quantitative estimate of drug-likeness (QED) is 0.318. The lowest BCUT2D eigenvalue weighted by molar-refractivity contribution is -0.126. The molecular weight excluding hydrogens is 496 g/mol. The summed E-state index contributed by atoms with van der Waals surface area (Å²) in [6.07, 6.45) is 5.73. The molecule has 8 heteroatoms. The zero-order chi connectivity index (χ0) is 26.1. The maximum Gasteiger partial charge on any atom is 0.240 e. The van der Waals surface area contributed by atoms with Gasteiger partial charge in [0.25, 0.3) is 0 Å². The van der Waals surface area contributed by atoms with E-state index < -0.39 is 10.0 Å². The van der Waals surface area contributed by atoms with Gasteiger partial charge in [0.2, 0.25) is 15.9 Å². The minimum absolute atomic E-state index is 0.0723. The lowest BCUT2D eigenvalue weighted by atomic mass is 9.84. The fraction of sp³-hybridized carbons (Fsp3) is 0.333. The van der Waals surface area contributed by atoms with E-state index in [1.165, 1.54) is 11.1 Å². The van der Waals surface area contributed by atoms with E-state index in [4.69, 9.17) is 0 Å². The lowest BCUT2D eigenvalue weighted by Gasteiger charge is -2.31. The Bertz CT molecular complexity index is 1560. The molecule has 1 heterocycles. The highest BCUT2D eigenvalue weighted by Gasteiger charge is 2.31. The average molecular weight is 529 g/mol. The van der Waals surface area contributed by atoms with Crippen molar-refractivity contribution in [2.24, 2.45) is 5.92 Å². The van der Waals surface area contributed by atoms with E-state index in [1.807, 2.05) is 36.4 Å². The number of rotatable bonds is 6. The third-order valence-corrected chi connectivity index (χ3v) is 9.44. The van der Waals surface area contributed by atoms with Crippen molar-refractivity contribution in [1.29, 1.82) is 0 Å². The molecule has 3 aromatic carbocycles. The number of aryl methyl sites for hydroxylation is 1. The zero-order valence-corrected chi connectivity index (χ0v) is 22.0. The maximum atomic E-state index is 13.2. The standard InChI is InChI=1S/C30H32N4O3S/c35-30(33-26-12-6-10-20-7-4-5-11-25(20)26)22-13-15-23(16-14-22)34-38(36,37)24-17-18-27-28(19-24)32-29(31-27)21-8-2-1-3-9-21/h1-5,7-9,11,17-19,22-23,26,34H,6,10,12-16H2,(H,31,32)(H,33,35)/t22-,23-,26?. The van der Waals surface area contributed by atoms with Gasteiger partial charge in [-0.3, -0.25) is 4.79 Å². The molecule has 4 aromatic rings. The number of H-pyrrole nitrogens is 1. The van der Waals surface area contributed by atoms with Crippen LogP contribution in [0.25, 0.3) is 22.4 Å². The number of imidazole rings is 1. The molecule has 1 amide bonds. The van der Waals surface area contributed by atoms with Gasteiger partial charge in [0.05, 0.1) is 22.0 Å². The van der Waals surface area contributed by atoms with Crippen molar-refractivity contribution in [3.8, 4) is 11.4 Å². The molecule has 0 bridgehead atoms. The Morgan fingerprint density at radius 2 is 1.66 bits per heavy atom. The summed E-state index contributed by atoms with van der Waals surface area (Å²) in [5.74, 6) is 0.712. The number of hydrogen-bond donors (Lipinski definition) is 3. The van der Waals surface area contributed by atoms with Crippen LogP contribution in [0.5, 0.6) is 0 Å². The molecule has 7 nitrogen and oxygen atoms in total. The number of fused-ring (bicyclic) bond motifs is 2. The minimum Gasteiger partial charge on any atom is -0.349 e. The van der Waals surface area contributed by atoms with E-state index in [0.29, 0.717) is 37.0 Å². The van der Waals surface area contributed by atoms with Crippen molar-refractivity contribution < 1.29 is 13.2 Å². The predicted octanol–water partition coefficient (Wildman–Crippen LogP) is 5.26. The molecule has 0 saturated heterocycles. The predicted molar refractivity (Wildman–Crippen MR) is 148 cm³/mol. The SMILES string of the molecule is O=C(NC1CCCc2ccccc21)[C@H]1CC[C@H](NS(=O)(=O)c2ccc3[nH]c(-c4ccccc4)nc3c2)CC1. The number of benzene rings is 3. The Kier molecular flexibility index (Phi) is 6.76. The number of nitrogens with zero attached hydrogens (tertiary/aromatic N) is 1. The van der Waals surface area contributed by atoms with Crippen LogP contribution in [0.2, 0.25) is 0 Å². The molecule has 0 spiro atoms. The van der Waals surface area contributed by atoms with Gasteiger partial charge in [-0.1, -0.05) is 54.6 Å². The topological polar surface area (TPSA) is 104 Å². The third kappa shape index (κ3) is 5.11. The summed E-state index contributed by atoms with van der Waals surface area (Å²) in [6, 6.07) is 23.0. The second kappa shape index (κ2) is 10.3. The Balaban J connectivity index is 1.07. The first-order chi connectivity index (χ1) is 18.5. The van der Waals surface area contributed by atoms with E-state index in [-0.39, 0.29) is 28.8 Å². The largest absolute Gasteiger partial charge is 0.349 e. The molecule has 2 aliphatic rings. The normalized spacial score (nSPS) is 21.6. The van der Waals surface area contributed by atoms with Gasteiger partial charge in [-0.05, 0) is 74.3 Å². The number of sulfonamides is 1. The number of nitrogens with one attached hydrogen (secondary N) is 3. The summed E-state index contributed by atoms with van der Waals surface area (Å²) in [4.78, 5) is 21.1. The van der Waals surface area contributed by atoms with E-state index in [1.54, 1.807) is 18.2 Å². The Morgan fingerprint density at radius 3 is 2.47 bits per heavy atom. The monoisotopic (exact) mass is 528 g/mol. The molecular formula is C30H32N4O3S. The van der Waals surface area contributed by atoms with Crippen LogP contribution in [-0.4, -0.2) is 30.3 Å². The summed E-state index contributed by atoms with van der Waals surface area (Å²) in [6.45, 7) is 0. The number of amides is 1. The molecule has 3 N–H and O–H groups in total. The average Bonchev–Trinajstić information content (AvgIpc) is 3.38. The van der Waals surface area contributed by atoms with Crippen molar-refractivity contribution in [2.45, 2.75) is 61.9 Å². The second-order valence-electron chi connectivity index (χ2n) is 10.5. The highest BCUT2D eigenvalue weighted by Crippen LogP contribution is 2.32. The molecule has 196 valence electrons. The number of aromatic amines is 1. The second-order valence-corrected chi connectivity index (χ2v) is 12.2. The van der Waals surface area contributed by atoms with Gasteiger partial charge in [-0.2, -0.15) is 0 Å². The lowest BCUT2D eigenvalue weighted by Crippen LogP contribution is -2.41. The van der Waals surface area contributed by atoms with Crippen LogP contribution in [0.4, 0.5) is 0 Å². The van der Waals surface area contributed by atoms with Crippen LogP contribution < -0.4 is 10.0 Å². The Labute approximate surface area is 223 Å². The summed E-state index contributed by atoms with van der Waals surface area (Å²) < 4.78 is 29.2. The maximum absolute atomic E-state index is 13.2. The summed E-state index contributed by atoms with van der Waals surface area (Å²) in [7, 11) is -3.71. The molecule has 1 unspecified atom stereocenters. The molecule has 0 radical (unpaired) electrons. The van der Waals surface area contributed by atoms with Crippen LogP contribution in [0.15, 0.2) is 77.7 Å². The molecule has 0 aliphatic heterocycles. The molecule has 6 rings (SSSR count). The first kappa shape index (κ1) is 24.8. The number of carbonyl (C=O) groups is 1. The van der Waals surface area contributed by atoms with Crippen LogP contribution in [0, 0.1) is 5.92 Å². The zero-order valence-electron chi connectivity index (χ0n) is 21.2. The van der Waals surface area contributed by atoms with Gasteiger partial charge in [0.1, 0.15) is 5.82 Å². The fourth-order valence-electron chi connectivity index (χ4n) is 5.84. The molecule has 2 aliphatic carbocycles. The summed E-state index contributed by atoms with van der Waals surface area (Å²) >= 11 is 0. The third-order valence-electron chi connectivity index (χ3n) is 7.92. The first-order valence-electron chi connectivity index (χ1n) is 13.4. The van der Waals surface area contributed by atoms with Gasteiger partial charge in [0, 0.05) is 17.5 Å². The van der Waals surface area contributed by atoms with Crippen LogP contribution >= 0.6 is 0 Å². The number of hydrogen-bond acceptors (Lipinski definition) is 4. The van der Waals surface area contributed by atoms with E-state index in [9.17, 15) is 13.2 Å². The smallest absolute Gasteiger partial charge is 0.240 e. The first-order valence-corrected chi connectivity index (χ1v) is 14.9. The van der Waals surface area contributed by atoms with E-state index >= 15 is 0 Å². The van der Waals surface area contributed by atoms with Crippen molar-refractivity contribution in [3.05, 3.63) is 83.9 Å².